The van der Waals surface area contributed by atoms with E-state index in [1.807, 2.05) is 0 Å². The lowest BCUT2D eigenvalue weighted by atomic mass is 9.74. The number of nitrogen functional groups attached to an aromatic ring is 2. The van der Waals surface area contributed by atoms with Crippen molar-refractivity contribution < 1.29 is 17.9 Å². The van der Waals surface area contributed by atoms with Gasteiger partial charge in [-0.2, -0.15) is 13.2 Å². The van der Waals surface area contributed by atoms with Crippen LogP contribution in [0.5, 0.6) is 0 Å². The summed E-state index contributed by atoms with van der Waals surface area (Å²) in [5.74, 6) is 0.0730. The quantitative estimate of drug-likeness (QED) is 0.619. The van der Waals surface area contributed by atoms with E-state index in [1.54, 1.807) is 13.3 Å². The van der Waals surface area contributed by atoms with Gasteiger partial charge in [0, 0.05) is 37.3 Å². The minimum absolute atomic E-state index is 0.0632. The molecule has 32 heavy (non-hydrogen) atoms. The van der Waals surface area contributed by atoms with Gasteiger partial charge in [-0.15, -0.1) is 0 Å². The Bertz CT molecular complexity index is 982. The molecule has 0 unspecified atom stereocenters. The second-order valence-corrected chi connectivity index (χ2v) is 9.37. The van der Waals surface area contributed by atoms with Crippen molar-refractivity contribution in [3.05, 3.63) is 24.0 Å². The van der Waals surface area contributed by atoms with Crippen molar-refractivity contribution >= 4 is 29.2 Å². The first-order chi connectivity index (χ1) is 15.1. The predicted molar refractivity (Wildman–Crippen MR) is 116 cm³/mol. The summed E-state index contributed by atoms with van der Waals surface area (Å²) in [5, 5.41) is 0.180. The molecule has 2 fully saturated rings. The minimum atomic E-state index is -4.64. The summed E-state index contributed by atoms with van der Waals surface area (Å²) in [7, 11) is 1.72. The zero-order valence-corrected chi connectivity index (χ0v) is 18.4. The molecule has 0 bridgehead atoms. The van der Waals surface area contributed by atoms with Crippen LogP contribution in [0.3, 0.4) is 0 Å². The Hall–Kier alpha value is -2.31. The Morgan fingerprint density at radius 3 is 2.50 bits per heavy atom. The molecule has 2 aliphatic rings. The predicted octanol–water partition coefficient (Wildman–Crippen LogP) is 2.93. The van der Waals surface area contributed by atoms with Crippen molar-refractivity contribution in [3.63, 3.8) is 0 Å². The first-order valence-electron chi connectivity index (χ1n) is 10.3. The Kier molecular flexibility index (Phi) is 6.12. The fourth-order valence-corrected chi connectivity index (χ4v) is 5.62. The van der Waals surface area contributed by atoms with E-state index >= 15 is 0 Å². The van der Waals surface area contributed by atoms with E-state index in [4.69, 9.17) is 21.9 Å². The van der Waals surface area contributed by atoms with Gasteiger partial charge in [0.05, 0.1) is 12.3 Å². The largest absolute Gasteiger partial charge is 0.421 e. The molecule has 0 amide bonds. The van der Waals surface area contributed by atoms with Crippen molar-refractivity contribution in [1.82, 2.24) is 15.0 Å². The van der Waals surface area contributed by atoms with Crippen molar-refractivity contribution in [2.45, 2.75) is 53.9 Å². The fourth-order valence-electron chi connectivity index (χ4n) is 4.70. The topological polar surface area (TPSA) is 129 Å². The van der Waals surface area contributed by atoms with Crippen LogP contribution in [-0.2, 0) is 10.9 Å². The molecule has 2 atom stereocenters. The maximum Gasteiger partial charge on any atom is 0.421 e. The molecule has 174 valence electrons. The summed E-state index contributed by atoms with van der Waals surface area (Å²) in [6.45, 7) is 1.51. The highest BCUT2D eigenvalue weighted by Gasteiger charge is 2.47. The van der Waals surface area contributed by atoms with Gasteiger partial charge in [0.25, 0.3) is 0 Å². The standard InChI is InChI=1S/C20H26F3N7OS/c1-31-11-8-13(24)19(9-11)3-6-30(7-4-19)14-10-28-18(17(26)29-14)32-12-2-5-27-16(25)15(12)20(21,22)23/h2,5,10-11,13H,3-4,6-9,24H2,1H3,(H2,25,27)(H2,26,29)/t11-,13+/m0/s1. The zero-order valence-electron chi connectivity index (χ0n) is 17.6. The van der Waals surface area contributed by atoms with E-state index in [-0.39, 0.29) is 33.3 Å². The maximum atomic E-state index is 13.4. The molecule has 3 heterocycles. The lowest BCUT2D eigenvalue weighted by Gasteiger charge is -2.42. The van der Waals surface area contributed by atoms with Gasteiger partial charge >= 0.3 is 6.18 Å². The van der Waals surface area contributed by atoms with E-state index in [0.717, 1.165) is 50.5 Å². The highest BCUT2D eigenvalue weighted by atomic mass is 32.2. The summed E-state index contributed by atoms with van der Waals surface area (Å²) in [6.07, 6.45) is 1.97. The summed E-state index contributed by atoms with van der Waals surface area (Å²) in [4.78, 5) is 14.2. The summed E-state index contributed by atoms with van der Waals surface area (Å²) in [5.41, 5.74) is 17.0. The van der Waals surface area contributed by atoms with Crippen LogP contribution in [-0.4, -0.2) is 47.3 Å². The van der Waals surface area contributed by atoms with E-state index in [1.165, 1.54) is 12.3 Å². The van der Waals surface area contributed by atoms with Crippen LogP contribution in [0, 0.1) is 5.41 Å². The van der Waals surface area contributed by atoms with Gasteiger partial charge in [0.1, 0.15) is 22.2 Å². The highest BCUT2D eigenvalue weighted by molar-refractivity contribution is 7.99. The number of rotatable bonds is 4. The third kappa shape index (κ3) is 4.30. The minimum Gasteiger partial charge on any atom is -0.383 e. The molecule has 12 heteroatoms. The van der Waals surface area contributed by atoms with Crippen LogP contribution in [0.15, 0.2) is 28.4 Å². The van der Waals surface area contributed by atoms with Crippen LogP contribution in [0.4, 0.5) is 30.6 Å². The normalized spacial score (nSPS) is 23.1. The third-order valence-electron chi connectivity index (χ3n) is 6.54. The SMILES string of the molecule is CO[C@H]1C[C@@H](N)C2(CCN(c3cnc(Sc4ccnc(N)c4C(F)(F)F)c(N)n3)CC2)C1. The number of nitrogens with zero attached hydrogens (tertiary/aromatic N) is 4. The van der Waals surface area contributed by atoms with E-state index in [9.17, 15) is 13.2 Å². The molecule has 8 nitrogen and oxygen atoms in total. The molecule has 0 aromatic carbocycles. The molecule has 1 aliphatic heterocycles. The number of pyridine rings is 1. The van der Waals surface area contributed by atoms with E-state index in [0.29, 0.717) is 5.82 Å². The second kappa shape index (κ2) is 8.56. The van der Waals surface area contributed by atoms with Crippen LogP contribution < -0.4 is 22.1 Å². The van der Waals surface area contributed by atoms with E-state index in [2.05, 4.69) is 19.9 Å². The molecule has 1 saturated heterocycles. The molecule has 2 aromatic rings. The van der Waals surface area contributed by atoms with Crippen molar-refractivity contribution in [3.8, 4) is 0 Å². The number of aromatic nitrogens is 3. The molecular formula is C20H26F3N7OS. The Labute approximate surface area is 188 Å². The summed E-state index contributed by atoms with van der Waals surface area (Å²) >= 11 is 0.768. The number of piperidine rings is 1. The molecule has 4 rings (SSSR count). The molecule has 1 saturated carbocycles. The average molecular weight is 470 g/mol. The Morgan fingerprint density at radius 1 is 1.19 bits per heavy atom. The molecular weight excluding hydrogens is 443 g/mol. The lowest BCUT2D eigenvalue weighted by molar-refractivity contribution is -0.139. The van der Waals surface area contributed by atoms with Crippen LogP contribution in [0.1, 0.15) is 31.2 Å². The average Bonchev–Trinajstić information content (AvgIpc) is 3.04. The number of hydrogen-bond acceptors (Lipinski definition) is 9. The smallest absolute Gasteiger partial charge is 0.383 e. The first-order valence-corrected chi connectivity index (χ1v) is 11.1. The van der Waals surface area contributed by atoms with Crippen LogP contribution in [0.2, 0.25) is 0 Å². The van der Waals surface area contributed by atoms with Crippen molar-refractivity contribution in [2.24, 2.45) is 11.1 Å². The van der Waals surface area contributed by atoms with Gasteiger partial charge in [-0.3, -0.25) is 0 Å². The maximum absolute atomic E-state index is 13.4. The summed E-state index contributed by atoms with van der Waals surface area (Å²) < 4.78 is 45.7. The summed E-state index contributed by atoms with van der Waals surface area (Å²) in [6, 6.07) is 1.35. The number of hydrogen-bond donors (Lipinski definition) is 3. The van der Waals surface area contributed by atoms with Crippen molar-refractivity contribution in [1.29, 1.82) is 0 Å². The van der Waals surface area contributed by atoms with Gasteiger partial charge in [0.2, 0.25) is 0 Å². The number of halogens is 3. The zero-order chi connectivity index (χ0) is 23.1. The number of methoxy groups -OCH3 is 1. The Balaban J connectivity index is 1.48. The van der Waals surface area contributed by atoms with Gasteiger partial charge in [-0.1, -0.05) is 11.8 Å². The molecule has 6 N–H and O–H groups in total. The molecule has 0 radical (unpaired) electrons. The van der Waals surface area contributed by atoms with Crippen LogP contribution >= 0.6 is 11.8 Å². The highest BCUT2D eigenvalue weighted by Crippen LogP contribution is 2.47. The molecule has 2 aromatic heterocycles. The molecule has 1 spiro atoms. The Morgan fingerprint density at radius 2 is 1.91 bits per heavy atom. The lowest BCUT2D eigenvalue weighted by Crippen LogP contribution is -2.47. The number of nitrogens with two attached hydrogens (primary N) is 3. The van der Waals surface area contributed by atoms with E-state index < -0.39 is 17.6 Å². The number of alkyl halides is 3. The van der Waals surface area contributed by atoms with Gasteiger partial charge in [-0.05, 0) is 37.2 Å². The van der Waals surface area contributed by atoms with Gasteiger partial charge in [0.15, 0.2) is 5.82 Å². The van der Waals surface area contributed by atoms with Crippen molar-refractivity contribution in [2.75, 3.05) is 36.6 Å². The first kappa shape index (κ1) is 22.9. The molecule has 1 aliphatic carbocycles. The van der Waals surface area contributed by atoms with Crippen LogP contribution in [0.25, 0.3) is 0 Å². The van der Waals surface area contributed by atoms with Gasteiger partial charge < -0.3 is 26.8 Å². The number of anilines is 3. The fraction of sp³-hybridized carbons (Fsp3) is 0.550. The monoisotopic (exact) mass is 469 g/mol. The third-order valence-corrected chi connectivity index (χ3v) is 7.61. The van der Waals surface area contributed by atoms with Gasteiger partial charge in [-0.25, -0.2) is 15.0 Å². The second-order valence-electron chi connectivity index (χ2n) is 8.34. The number of ether oxygens (including phenoxy) is 1.